The number of nitrogens with zero attached hydrogens (tertiary/aromatic N) is 1. The number of hydrogen-bond acceptors (Lipinski definition) is 2. The molecule has 3 aromatic rings. The van der Waals surface area contributed by atoms with E-state index in [1.54, 1.807) is 30.5 Å². The average Bonchev–Trinajstić information content (AvgIpc) is 2.41. The molecule has 2 N–H and O–H groups in total. The molecular weight excluding hydrogens is 227 g/mol. The van der Waals surface area contributed by atoms with Crippen LogP contribution in [0.2, 0.25) is 0 Å². The maximum atomic E-state index is 13.7. The lowest BCUT2D eigenvalue weighted by atomic mass is 10.0. The topological polar surface area (TPSA) is 38.9 Å². The number of nitrogens with two attached hydrogens (primary N) is 1. The molecule has 0 saturated heterocycles. The lowest BCUT2D eigenvalue weighted by Gasteiger charge is -2.08. The zero-order valence-electron chi connectivity index (χ0n) is 9.60. The summed E-state index contributed by atoms with van der Waals surface area (Å²) >= 11 is 0. The molecule has 0 atom stereocenters. The Morgan fingerprint density at radius 3 is 2.44 bits per heavy atom. The van der Waals surface area contributed by atoms with Gasteiger partial charge < -0.3 is 5.73 Å². The standard InChI is InChI=1S/C15H11FN2/c16-13-8-7-12(10-4-1-2-5-11(10)13)15-14(17)6-3-9-18-15/h1-9H,17H2. The number of rotatable bonds is 1. The number of nitrogen functional groups attached to an aromatic ring is 1. The Hall–Kier alpha value is -2.42. The van der Waals surface area contributed by atoms with Crippen molar-refractivity contribution in [1.29, 1.82) is 0 Å². The second-order valence-electron chi connectivity index (χ2n) is 4.08. The van der Waals surface area contributed by atoms with Crippen LogP contribution in [-0.4, -0.2) is 4.98 Å². The molecule has 0 bridgehead atoms. The summed E-state index contributed by atoms with van der Waals surface area (Å²) in [7, 11) is 0. The summed E-state index contributed by atoms with van der Waals surface area (Å²) in [5.74, 6) is -0.233. The zero-order valence-corrected chi connectivity index (χ0v) is 9.60. The molecule has 18 heavy (non-hydrogen) atoms. The summed E-state index contributed by atoms with van der Waals surface area (Å²) in [5.41, 5.74) is 8.06. The Kier molecular flexibility index (Phi) is 2.45. The predicted molar refractivity (Wildman–Crippen MR) is 71.5 cm³/mol. The van der Waals surface area contributed by atoms with E-state index in [0.717, 1.165) is 10.9 Å². The van der Waals surface area contributed by atoms with E-state index in [1.807, 2.05) is 18.2 Å². The largest absolute Gasteiger partial charge is 0.397 e. The highest BCUT2D eigenvalue weighted by atomic mass is 19.1. The van der Waals surface area contributed by atoms with Gasteiger partial charge in [-0.3, -0.25) is 4.98 Å². The highest BCUT2D eigenvalue weighted by Crippen LogP contribution is 2.31. The van der Waals surface area contributed by atoms with Crippen molar-refractivity contribution in [2.24, 2.45) is 0 Å². The van der Waals surface area contributed by atoms with Crippen LogP contribution in [0.4, 0.5) is 10.1 Å². The van der Waals surface area contributed by atoms with E-state index in [4.69, 9.17) is 5.73 Å². The number of hydrogen-bond donors (Lipinski definition) is 1. The first kappa shape index (κ1) is 10.7. The van der Waals surface area contributed by atoms with E-state index in [2.05, 4.69) is 4.98 Å². The number of fused-ring (bicyclic) bond motifs is 1. The van der Waals surface area contributed by atoms with Crippen molar-refractivity contribution in [3.8, 4) is 11.3 Å². The van der Waals surface area contributed by atoms with Crippen LogP contribution in [0.1, 0.15) is 0 Å². The summed E-state index contributed by atoms with van der Waals surface area (Å²) in [6.07, 6.45) is 1.68. The molecule has 2 nitrogen and oxygen atoms in total. The SMILES string of the molecule is Nc1cccnc1-c1ccc(F)c2ccccc12. The van der Waals surface area contributed by atoms with Crippen molar-refractivity contribution in [2.45, 2.75) is 0 Å². The third-order valence-corrected chi connectivity index (χ3v) is 2.96. The highest BCUT2D eigenvalue weighted by molar-refractivity contribution is 5.98. The lowest BCUT2D eigenvalue weighted by molar-refractivity contribution is 0.640. The molecule has 0 spiro atoms. The van der Waals surface area contributed by atoms with Crippen molar-refractivity contribution < 1.29 is 4.39 Å². The summed E-state index contributed by atoms with van der Waals surface area (Å²) in [4.78, 5) is 4.28. The summed E-state index contributed by atoms with van der Waals surface area (Å²) in [6.45, 7) is 0. The van der Waals surface area contributed by atoms with Crippen LogP contribution >= 0.6 is 0 Å². The van der Waals surface area contributed by atoms with Gasteiger partial charge in [0.2, 0.25) is 0 Å². The first-order chi connectivity index (χ1) is 8.77. The molecule has 88 valence electrons. The Labute approximate surface area is 104 Å². The summed E-state index contributed by atoms with van der Waals surface area (Å²) in [6, 6.07) is 14.1. The van der Waals surface area contributed by atoms with Gasteiger partial charge in [-0.1, -0.05) is 24.3 Å². The molecule has 0 saturated carbocycles. The molecule has 0 aliphatic heterocycles. The number of benzene rings is 2. The third-order valence-electron chi connectivity index (χ3n) is 2.96. The van der Waals surface area contributed by atoms with Crippen molar-refractivity contribution in [2.75, 3.05) is 5.73 Å². The van der Waals surface area contributed by atoms with E-state index in [0.29, 0.717) is 16.8 Å². The monoisotopic (exact) mass is 238 g/mol. The predicted octanol–water partition coefficient (Wildman–Crippen LogP) is 3.62. The number of pyridine rings is 1. The van der Waals surface area contributed by atoms with E-state index in [-0.39, 0.29) is 5.82 Å². The van der Waals surface area contributed by atoms with Gasteiger partial charge in [-0.05, 0) is 29.7 Å². The molecule has 0 radical (unpaired) electrons. The Morgan fingerprint density at radius 2 is 1.67 bits per heavy atom. The minimum atomic E-state index is -0.233. The van der Waals surface area contributed by atoms with Gasteiger partial charge in [0.05, 0.1) is 11.4 Å². The molecule has 0 aliphatic carbocycles. The molecule has 3 rings (SSSR count). The molecule has 0 unspecified atom stereocenters. The van der Waals surface area contributed by atoms with Crippen LogP contribution in [0.15, 0.2) is 54.7 Å². The molecule has 1 heterocycles. The molecule has 0 amide bonds. The Balaban J connectivity index is 2.38. The molecule has 2 aromatic carbocycles. The number of anilines is 1. The normalized spacial score (nSPS) is 10.7. The van der Waals surface area contributed by atoms with Gasteiger partial charge in [0.15, 0.2) is 0 Å². The van der Waals surface area contributed by atoms with Crippen LogP contribution in [0.3, 0.4) is 0 Å². The zero-order chi connectivity index (χ0) is 12.5. The van der Waals surface area contributed by atoms with Crippen molar-refractivity contribution in [3.63, 3.8) is 0 Å². The van der Waals surface area contributed by atoms with Crippen molar-refractivity contribution in [3.05, 3.63) is 60.5 Å². The maximum absolute atomic E-state index is 13.7. The quantitative estimate of drug-likeness (QED) is 0.703. The highest BCUT2D eigenvalue weighted by Gasteiger charge is 2.10. The van der Waals surface area contributed by atoms with Crippen LogP contribution in [0, 0.1) is 5.82 Å². The third kappa shape index (κ3) is 1.61. The van der Waals surface area contributed by atoms with Gasteiger partial charge in [-0.15, -0.1) is 0 Å². The summed E-state index contributed by atoms with van der Waals surface area (Å²) in [5, 5.41) is 1.41. The second-order valence-corrected chi connectivity index (χ2v) is 4.08. The molecule has 0 aliphatic rings. The molecular formula is C15H11FN2. The minimum Gasteiger partial charge on any atom is -0.397 e. The van der Waals surface area contributed by atoms with Gasteiger partial charge in [0, 0.05) is 17.1 Å². The van der Waals surface area contributed by atoms with Crippen LogP contribution in [0.5, 0.6) is 0 Å². The van der Waals surface area contributed by atoms with Crippen LogP contribution in [-0.2, 0) is 0 Å². The molecule has 0 fully saturated rings. The van der Waals surface area contributed by atoms with Gasteiger partial charge in [-0.25, -0.2) is 4.39 Å². The van der Waals surface area contributed by atoms with Gasteiger partial charge in [0.1, 0.15) is 5.82 Å². The minimum absolute atomic E-state index is 0.233. The fourth-order valence-electron chi connectivity index (χ4n) is 2.11. The van der Waals surface area contributed by atoms with Gasteiger partial charge in [0.25, 0.3) is 0 Å². The van der Waals surface area contributed by atoms with E-state index >= 15 is 0 Å². The van der Waals surface area contributed by atoms with E-state index < -0.39 is 0 Å². The second kappa shape index (κ2) is 4.11. The summed E-state index contributed by atoms with van der Waals surface area (Å²) < 4.78 is 13.7. The first-order valence-corrected chi connectivity index (χ1v) is 5.65. The molecule has 3 heteroatoms. The maximum Gasteiger partial charge on any atom is 0.131 e. The Bertz CT molecular complexity index is 723. The van der Waals surface area contributed by atoms with Gasteiger partial charge >= 0.3 is 0 Å². The van der Waals surface area contributed by atoms with Crippen molar-refractivity contribution >= 4 is 16.5 Å². The molecule has 1 aromatic heterocycles. The van der Waals surface area contributed by atoms with Gasteiger partial charge in [-0.2, -0.15) is 0 Å². The van der Waals surface area contributed by atoms with Crippen molar-refractivity contribution in [1.82, 2.24) is 4.98 Å². The van der Waals surface area contributed by atoms with E-state index in [1.165, 1.54) is 6.07 Å². The van der Waals surface area contributed by atoms with Crippen LogP contribution in [0.25, 0.3) is 22.0 Å². The number of halogens is 1. The average molecular weight is 238 g/mol. The fourth-order valence-corrected chi connectivity index (χ4v) is 2.11. The first-order valence-electron chi connectivity index (χ1n) is 5.65. The fraction of sp³-hybridized carbons (Fsp3) is 0. The van der Waals surface area contributed by atoms with E-state index in [9.17, 15) is 4.39 Å². The smallest absolute Gasteiger partial charge is 0.131 e. The van der Waals surface area contributed by atoms with Crippen LogP contribution < -0.4 is 5.73 Å². The number of aromatic nitrogens is 1. The Morgan fingerprint density at radius 1 is 0.889 bits per heavy atom. The lowest BCUT2D eigenvalue weighted by Crippen LogP contribution is -1.94.